The van der Waals surface area contributed by atoms with Crippen LogP contribution in [0.1, 0.15) is 47.1 Å². The van der Waals surface area contributed by atoms with Crippen molar-refractivity contribution in [2.45, 2.75) is 40.0 Å². The van der Waals surface area contributed by atoms with E-state index in [1.165, 1.54) is 11.3 Å². The zero-order valence-electron chi connectivity index (χ0n) is 16.0. The van der Waals surface area contributed by atoms with Crippen molar-refractivity contribution in [3.63, 3.8) is 0 Å². The molecule has 0 aliphatic heterocycles. The third-order valence-corrected chi connectivity index (χ3v) is 5.50. The van der Waals surface area contributed by atoms with E-state index in [2.05, 4.69) is 22.2 Å². The molecule has 1 amide bonds. The van der Waals surface area contributed by atoms with E-state index in [1.807, 2.05) is 26.0 Å². The molecule has 27 heavy (non-hydrogen) atoms. The minimum absolute atomic E-state index is 0.0667. The molecule has 0 radical (unpaired) electrons. The minimum atomic E-state index is -0.0667. The largest absolute Gasteiger partial charge is 0.461 e. The van der Waals surface area contributed by atoms with Crippen molar-refractivity contribution in [1.29, 1.82) is 0 Å². The highest BCUT2D eigenvalue weighted by atomic mass is 32.1. The number of carbonyl (C=O) groups is 1. The smallest absolute Gasteiger partial charge is 0.261 e. The molecule has 0 aliphatic carbocycles. The number of amides is 1. The summed E-state index contributed by atoms with van der Waals surface area (Å²) in [7, 11) is 0. The number of nitrogens with zero attached hydrogens (tertiary/aromatic N) is 2. The molecule has 7 heteroatoms. The second-order valence-corrected chi connectivity index (χ2v) is 7.42. The van der Waals surface area contributed by atoms with Gasteiger partial charge < -0.3 is 14.5 Å². The maximum absolute atomic E-state index is 12.6. The van der Waals surface area contributed by atoms with Gasteiger partial charge in [-0.25, -0.2) is 9.97 Å². The van der Waals surface area contributed by atoms with Crippen LogP contribution < -0.4 is 5.32 Å². The molecule has 0 atom stereocenters. The quantitative estimate of drug-likeness (QED) is 0.547. The molecule has 1 N–H and O–H groups in total. The lowest BCUT2D eigenvalue weighted by atomic mass is 10.1. The van der Waals surface area contributed by atoms with Gasteiger partial charge in [0.15, 0.2) is 11.6 Å². The van der Waals surface area contributed by atoms with E-state index < -0.39 is 0 Å². The molecule has 144 valence electrons. The minimum Gasteiger partial charge on any atom is -0.461 e. The molecule has 0 saturated carbocycles. The molecule has 3 aromatic rings. The predicted octanol–water partition coefficient (Wildman–Crippen LogP) is 4.50. The van der Waals surface area contributed by atoms with Crippen LogP contribution in [-0.4, -0.2) is 35.6 Å². The molecule has 0 aliphatic rings. The summed E-state index contributed by atoms with van der Waals surface area (Å²) >= 11 is 1.40. The van der Waals surface area contributed by atoms with Gasteiger partial charge in [-0.15, -0.1) is 11.3 Å². The topological polar surface area (TPSA) is 77.2 Å². The fourth-order valence-electron chi connectivity index (χ4n) is 2.88. The predicted molar refractivity (Wildman–Crippen MR) is 107 cm³/mol. The highest BCUT2D eigenvalue weighted by Crippen LogP contribution is 2.32. The SMILES string of the molecule is CCCCOCCCNC(=O)c1sc2nc(-c3ccco3)nc(C)c2c1C. The zero-order valence-corrected chi connectivity index (χ0v) is 16.8. The molecule has 6 nitrogen and oxygen atoms in total. The Labute approximate surface area is 163 Å². The molecular weight excluding hydrogens is 362 g/mol. The van der Waals surface area contributed by atoms with E-state index in [9.17, 15) is 4.79 Å². The Kier molecular flexibility index (Phi) is 6.58. The van der Waals surface area contributed by atoms with Crippen LogP contribution in [0.2, 0.25) is 0 Å². The van der Waals surface area contributed by atoms with Gasteiger partial charge in [-0.1, -0.05) is 13.3 Å². The maximum atomic E-state index is 12.6. The van der Waals surface area contributed by atoms with Crippen molar-refractivity contribution < 1.29 is 13.9 Å². The first-order chi connectivity index (χ1) is 13.1. The Morgan fingerprint density at radius 3 is 2.81 bits per heavy atom. The highest BCUT2D eigenvalue weighted by molar-refractivity contribution is 7.20. The number of hydrogen-bond acceptors (Lipinski definition) is 6. The molecule has 0 unspecified atom stereocenters. The van der Waals surface area contributed by atoms with Crippen LogP contribution in [0.3, 0.4) is 0 Å². The molecule has 3 aromatic heterocycles. The fraction of sp³-hybridized carbons (Fsp3) is 0.450. The number of aryl methyl sites for hydroxylation is 2. The van der Waals surface area contributed by atoms with Gasteiger partial charge in [-0.2, -0.15) is 0 Å². The number of fused-ring (bicyclic) bond motifs is 1. The summed E-state index contributed by atoms with van der Waals surface area (Å²) in [6.45, 7) is 8.08. The zero-order chi connectivity index (χ0) is 19.2. The van der Waals surface area contributed by atoms with E-state index in [-0.39, 0.29) is 5.91 Å². The number of furan rings is 1. The first kappa shape index (κ1) is 19.5. The summed E-state index contributed by atoms with van der Waals surface area (Å²) in [5, 5.41) is 3.93. The van der Waals surface area contributed by atoms with Crippen LogP contribution in [0.4, 0.5) is 0 Å². The Hall–Kier alpha value is -2.25. The Balaban J connectivity index is 1.69. The summed E-state index contributed by atoms with van der Waals surface area (Å²) in [6.07, 6.45) is 4.61. The van der Waals surface area contributed by atoms with Crippen molar-refractivity contribution in [2.24, 2.45) is 0 Å². The van der Waals surface area contributed by atoms with Gasteiger partial charge in [-0.3, -0.25) is 4.79 Å². The van der Waals surface area contributed by atoms with Crippen LogP contribution in [0, 0.1) is 13.8 Å². The molecule has 0 fully saturated rings. The molecule has 0 saturated heterocycles. The van der Waals surface area contributed by atoms with Crippen LogP contribution in [0.15, 0.2) is 22.8 Å². The van der Waals surface area contributed by atoms with E-state index in [1.54, 1.807) is 6.26 Å². The number of ether oxygens (including phenoxy) is 1. The number of aromatic nitrogens is 2. The second-order valence-electron chi connectivity index (χ2n) is 6.42. The van der Waals surface area contributed by atoms with E-state index >= 15 is 0 Å². The maximum Gasteiger partial charge on any atom is 0.261 e. The summed E-state index contributed by atoms with van der Waals surface area (Å²) < 4.78 is 10.9. The van der Waals surface area contributed by atoms with Gasteiger partial charge in [0.2, 0.25) is 0 Å². The fourth-order valence-corrected chi connectivity index (χ4v) is 4.02. The summed E-state index contributed by atoms with van der Waals surface area (Å²) in [4.78, 5) is 23.2. The van der Waals surface area contributed by atoms with Crippen LogP contribution in [0.25, 0.3) is 21.8 Å². The van der Waals surface area contributed by atoms with Crippen molar-refractivity contribution in [3.8, 4) is 11.6 Å². The Morgan fingerprint density at radius 2 is 2.07 bits per heavy atom. The van der Waals surface area contributed by atoms with Crippen molar-refractivity contribution in [3.05, 3.63) is 34.5 Å². The van der Waals surface area contributed by atoms with Crippen molar-refractivity contribution in [1.82, 2.24) is 15.3 Å². The van der Waals surface area contributed by atoms with Gasteiger partial charge in [-0.05, 0) is 44.4 Å². The highest BCUT2D eigenvalue weighted by Gasteiger charge is 2.19. The van der Waals surface area contributed by atoms with E-state index in [0.717, 1.165) is 47.3 Å². The van der Waals surface area contributed by atoms with Gasteiger partial charge in [0.25, 0.3) is 5.91 Å². The number of unbranched alkanes of at least 4 members (excludes halogenated alkanes) is 1. The number of thiophene rings is 1. The first-order valence-corrected chi connectivity index (χ1v) is 10.1. The third-order valence-electron chi connectivity index (χ3n) is 4.31. The van der Waals surface area contributed by atoms with Gasteiger partial charge in [0, 0.05) is 25.1 Å². The van der Waals surface area contributed by atoms with Gasteiger partial charge in [0.05, 0.1) is 16.8 Å². The monoisotopic (exact) mass is 387 g/mol. The number of hydrogen-bond donors (Lipinski definition) is 1. The molecule has 0 aromatic carbocycles. The second kappa shape index (κ2) is 9.10. The summed E-state index contributed by atoms with van der Waals surface area (Å²) in [5.41, 5.74) is 1.78. The van der Waals surface area contributed by atoms with Crippen molar-refractivity contribution >= 4 is 27.5 Å². The molecule has 0 bridgehead atoms. The normalized spacial score (nSPS) is 11.2. The molecule has 3 rings (SSSR count). The van der Waals surface area contributed by atoms with Crippen LogP contribution >= 0.6 is 11.3 Å². The average Bonchev–Trinajstić information content (AvgIpc) is 3.29. The first-order valence-electron chi connectivity index (χ1n) is 9.29. The van der Waals surface area contributed by atoms with Gasteiger partial charge >= 0.3 is 0 Å². The Bertz CT molecular complexity index is 903. The third kappa shape index (κ3) is 4.54. The molecule has 3 heterocycles. The lowest BCUT2D eigenvalue weighted by Gasteiger charge is -2.05. The summed E-state index contributed by atoms with van der Waals surface area (Å²) in [6, 6.07) is 3.64. The standard InChI is InChI=1S/C20H25N3O3S/c1-4-5-10-25-11-7-9-21-19(24)17-13(2)16-14(3)22-18(23-20(16)27-17)15-8-6-12-26-15/h6,8,12H,4-5,7,9-11H2,1-3H3,(H,21,24). The average molecular weight is 388 g/mol. The van der Waals surface area contributed by atoms with Crippen LogP contribution in [-0.2, 0) is 4.74 Å². The summed E-state index contributed by atoms with van der Waals surface area (Å²) in [5.74, 6) is 1.10. The number of carbonyl (C=O) groups excluding carboxylic acids is 1. The van der Waals surface area contributed by atoms with Crippen LogP contribution in [0.5, 0.6) is 0 Å². The lowest BCUT2D eigenvalue weighted by molar-refractivity contribution is 0.0944. The lowest BCUT2D eigenvalue weighted by Crippen LogP contribution is -2.25. The van der Waals surface area contributed by atoms with Gasteiger partial charge in [0.1, 0.15) is 4.83 Å². The van der Waals surface area contributed by atoms with E-state index in [4.69, 9.17) is 9.15 Å². The van der Waals surface area contributed by atoms with E-state index in [0.29, 0.717) is 29.6 Å². The number of nitrogens with one attached hydrogen (secondary N) is 1. The number of rotatable bonds is 9. The Morgan fingerprint density at radius 1 is 1.26 bits per heavy atom. The molecule has 0 spiro atoms. The molecular formula is C20H25N3O3S. The van der Waals surface area contributed by atoms with Crippen molar-refractivity contribution in [2.75, 3.05) is 19.8 Å².